The number of benzene rings is 1. The van der Waals surface area contributed by atoms with Crippen molar-refractivity contribution in [3.63, 3.8) is 0 Å². The number of amides is 1. The molecule has 0 N–H and O–H groups in total. The summed E-state index contributed by atoms with van der Waals surface area (Å²) in [5.74, 6) is 0.761. The number of carbonyl (C=O) groups excluding carboxylic acids is 1. The van der Waals surface area contributed by atoms with Crippen LogP contribution in [-0.2, 0) is 14.8 Å². The van der Waals surface area contributed by atoms with Gasteiger partial charge in [-0.2, -0.15) is 9.29 Å². The van der Waals surface area contributed by atoms with Gasteiger partial charge >= 0.3 is 0 Å². The van der Waals surface area contributed by atoms with E-state index in [0.717, 1.165) is 25.9 Å². The number of nitrogens with zero attached hydrogens (tertiary/aromatic N) is 5. The molecule has 172 valence electrons. The highest BCUT2D eigenvalue weighted by atomic mass is 32.2. The summed E-state index contributed by atoms with van der Waals surface area (Å²) in [7, 11) is -3.63. The van der Waals surface area contributed by atoms with E-state index in [9.17, 15) is 13.2 Å². The quantitative estimate of drug-likeness (QED) is 0.567. The molecule has 3 aromatic rings. The number of sulfonamides is 1. The monoisotopic (exact) mass is 467 g/mol. The van der Waals surface area contributed by atoms with Gasteiger partial charge in [0.15, 0.2) is 0 Å². The van der Waals surface area contributed by atoms with Crippen molar-refractivity contribution in [1.82, 2.24) is 24.3 Å². The van der Waals surface area contributed by atoms with Gasteiger partial charge in [-0.15, -0.1) is 0 Å². The van der Waals surface area contributed by atoms with Crippen LogP contribution in [0.1, 0.15) is 25.7 Å². The Labute approximate surface area is 192 Å². The van der Waals surface area contributed by atoms with E-state index in [0.29, 0.717) is 48.9 Å². The molecule has 1 amide bonds. The van der Waals surface area contributed by atoms with E-state index >= 15 is 0 Å². The van der Waals surface area contributed by atoms with Crippen LogP contribution in [0.3, 0.4) is 0 Å². The van der Waals surface area contributed by atoms with E-state index in [4.69, 9.17) is 4.52 Å². The molecule has 0 aliphatic carbocycles. The second-order valence-electron chi connectivity index (χ2n) is 8.37. The molecule has 0 radical (unpaired) electrons. The highest BCUT2D eigenvalue weighted by molar-refractivity contribution is 7.89. The molecule has 1 aromatic carbocycles. The Hall–Kier alpha value is -3.11. The van der Waals surface area contributed by atoms with Gasteiger partial charge < -0.3 is 9.42 Å². The minimum Gasteiger partial charge on any atom is -0.342 e. The molecule has 0 atom stereocenters. The Morgan fingerprint density at radius 3 is 2.36 bits per heavy atom. The number of piperidine rings is 1. The third-order valence-electron chi connectivity index (χ3n) is 6.28. The smallest absolute Gasteiger partial charge is 0.276 e. The number of likely N-dealkylation sites (tertiary alicyclic amines) is 1. The van der Waals surface area contributed by atoms with E-state index in [1.54, 1.807) is 42.6 Å². The predicted octanol–water partition coefficient (Wildman–Crippen LogP) is 2.82. The second-order valence-corrected chi connectivity index (χ2v) is 10.3. The van der Waals surface area contributed by atoms with Gasteiger partial charge in [0.05, 0.1) is 4.90 Å². The molecule has 0 bridgehead atoms. The number of hydrogen-bond donors (Lipinski definition) is 0. The summed E-state index contributed by atoms with van der Waals surface area (Å²) in [4.78, 5) is 23.3. The second kappa shape index (κ2) is 9.03. The van der Waals surface area contributed by atoms with Crippen LogP contribution in [0, 0.1) is 5.92 Å². The molecule has 2 saturated heterocycles. The summed E-state index contributed by atoms with van der Waals surface area (Å²) in [6.07, 6.45) is 4.88. The van der Waals surface area contributed by atoms with Gasteiger partial charge in [-0.3, -0.25) is 9.78 Å². The summed E-state index contributed by atoms with van der Waals surface area (Å²) < 4.78 is 33.0. The molecule has 2 fully saturated rings. The minimum atomic E-state index is -3.63. The van der Waals surface area contributed by atoms with Crippen molar-refractivity contribution < 1.29 is 17.7 Å². The molecule has 9 nitrogen and oxygen atoms in total. The molecular weight excluding hydrogens is 442 g/mol. The lowest BCUT2D eigenvalue weighted by Crippen LogP contribution is -2.43. The summed E-state index contributed by atoms with van der Waals surface area (Å²) in [6.45, 7) is 2.36. The normalized spacial score (nSPS) is 18.0. The van der Waals surface area contributed by atoms with E-state index in [2.05, 4.69) is 15.1 Å². The van der Waals surface area contributed by atoms with E-state index in [1.165, 1.54) is 4.31 Å². The van der Waals surface area contributed by atoms with Crippen molar-refractivity contribution >= 4 is 15.9 Å². The number of carbonyl (C=O) groups is 1. The van der Waals surface area contributed by atoms with E-state index in [-0.39, 0.29) is 16.7 Å². The molecule has 2 aliphatic rings. The fourth-order valence-corrected chi connectivity index (χ4v) is 5.87. The lowest BCUT2D eigenvalue weighted by Gasteiger charge is -2.32. The zero-order valence-corrected chi connectivity index (χ0v) is 18.9. The number of rotatable bonds is 5. The predicted molar refractivity (Wildman–Crippen MR) is 120 cm³/mol. The Morgan fingerprint density at radius 2 is 1.70 bits per heavy atom. The van der Waals surface area contributed by atoms with Gasteiger partial charge in [0.25, 0.3) is 5.89 Å². The number of hydrogen-bond acceptors (Lipinski definition) is 7. The summed E-state index contributed by atoms with van der Waals surface area (Å²) in [5, 5.41) is 3.98. The summed E-state index contributed by atoms with van der Waals surface area (Å²) >= 11 is 0. The van der Waals surface area contributed by atoms with Gasteiger partial charge in [-0.25, -0.2) is 8.42 Å². The largest absolute Gasteiger partial charge is 0.342 e. The molecule has 0 saturated carbocycles. The Bertz CT molecular complexity index is 1210. The van der Waals surface area contributed by atoms with Crippen molar-refractivity contribution in [2.45, 2.75) is 30.6 Å². The summed E-state index contributed by atoms with van der Waals surface area (Å²) in [5.41, 5.74) is 1.22. The number of pyridine rings is 1. The van der Waals surface area contributed by atoms with Crippen molar-refractivity contribution in [1.29, 1.82) is 0 Å². The van der Waals surface area contributed by atoms with Crippen LogP contribution >= 0.6 is 0 Å². The van der Waals surface area contributed by atoms with Crippen LogP contribution in [0.5, 0.6) is 0 Å². The first-order chi connectivity index (χ1) is 16.0. The molecule has 0 unspecified atom stereocenters. The zero-order chi connectivity index (χ0) is 22.8. The minimum absolute atomic E-state index is 0.0801. The van der Waals surface area contributed by atoms with Gasteiger partial charge in [0.2, 0.25) is 21.8 Å². The van der Waals surface area contributed by atoms with Crippen molar-refractivity contribution in [3.05, 3.63) is 48.7 Å². The van der Waals surface area contributed by atoms with Crippen LogP contribution in [0.4, 0.5) is 0 Å². The van der Waals surface area contributed by atoms with Crippen LogP contribution in [-0.4, -0.2) is 64.8 Å². The van der Waals surface area contributed by atoms with E-state index < -0.39 is 10.0 Å². The molecule has 0 spiro atoms. The highest BCUT2D eigenvalue weighted by Crippen LogP contribution is 2.28. The maximum atomic E-state index is 13.1. The van der Waals surface area contributed by atoms with Crippen LogP contribution in [0.25, 0.3) is 23.0 Å². The van der Waals surface area contributed by atoms with Crippen molar-refractivity contribution in [3.8, 4) is 23.0 Å². The van der Waals surface area contributed by atoms with Gasteiger partial charge in [0.1, 0.15) is 5.69 Å². The fourth-order valence-electron chi connectivity index (χ4n) is 4.40. The van der Waals surface area contributed by atoms with Crippen molar-refractivity contribution in [2.75, 3.05) is 26.2 Å². The molecule has 33 heavy (non-hydrogen) atoms. The molecule has 2 aliphatic heterocycles. The lowest BCUT2D eigenvalue weighted by molar-refractivity contribution is -0.135. The lowest BCUT2D eigenvalue weighted by atomic mass is 9.97. The average Bonchev–Trinajstić information content (AvgIpc) is 3.57. The first-order valence-corrected chi connectivity index (χ1v) is 12.6. The third-order valence-corrected chi connectivity index (χ3v) is 8.19. The van der Waals surface area contributed by atoms with Gasteiger partial charge in [-0.05, 0) is 62.1 Å². The first kappa shape index (κ1) is 21.7. The molecule has 2 aromatic heterocycles. The molecular formula is C23H25N5O4S. The maximum absolute atomic E-state index is 13.1. The molecule has 10 heteroatoms. The topological polar surface area (TPSA) is 110 Å². The highest BCUT2D eigenvalue weighted by Gasteiger charge is 2.34. The Balaban J connectivity index is 1.25. The number of aromatic nitrogens is 3. The first-order valence-electron chi connectivity index (χ1n) is 11.2. The summed E-state index contributed by atoms with van der Waals surface area (Å²) in [6, 6.07) is 11.9. The molecule has 4 heterocycles. The van der Waals surface area contributed by atoms with Crippen LogP contribution < -0.4 is 0 Å². The Kier molecular flexibility index (Phi) is 5.94. The van der Waals surface area contributed by atoms with Gasteiger partial charge in [0, 0.05) is 43.9 Å². The SMILES string of the molecule is O=C(C1CCN(S(=O)(=O)c2ccc(-c3noc(-c4ccccn4)n3)cc2)CC1)N1CCCC1. The fraction of sp³-hybridized carbons (Fsp3) is 0.391. The standard InChI is InChI=1S/C23H25N5O4S/c29-23(27-13-3-4-14-27)18-10-15-28(16-11-18)33(30,31)19-8-6-17(7-9-19)21-25-22(32-26-21)20-5-1-2-12-24-20/h1-2,5-9,12,18H,3-4,10-11,13-16H2. The molecule has 5 rings (SSSR count). The van der Waals surface area contributed by atoms with Crippen molar-refractivity contribution in [2.24, 2.45) is 5.92 Å². The van der Waals surface area contributed by atoms with Gasteiger partial charge in [-0.1, -0.05) is 11.2 Å². The maximum Gasteiger partial charge on any atom is 0.276 e. The van der Waals surface area contributed by atoms with Crippen LogP contribution in [0.2, 0.25) is 0 Å². The average molecular weight is 468 g/mol. The zero-order valence-electron chi connectivity index (χ0n) is 18.1. The van der Waals surface area contributed by atoms with E-state index in [1.807, 2.05) is 11.0 Å². The third kappa shape index (κ3) is 4.40. The Morgan fingerprint density at radius 1 is 0.970 bits per heavy atom. The van der Waals surface area contributed by atoms with Crippen LogP contribution in [0.15, 0.2) is 58.1 Å².